The molecule has 0 saturated carbocycles. The van der Waals surface area contributed by atoms with Crippen LogP contribution in [0.4, 0.5) is 17.6 Å². The van der Waals surface area contributed by atoms with Crippen molar-refractivity contribution in [2.75, 3.05) is 0 Å². The lowest BCUT2D eigenvalue weighted by Crippen LogP contribution is -2.04. The largest absolute Gasteiger partial charge is 0.416 e. The molecule has 138 valence electrons. The van der Waals surface area contributed by atoms with E-state index in [1.807, 2.05) is 37.3 Å². The molecule has 3 rings (SSSR count). The van der Waals surface area contributed by atoms with Gasteiger partial charge in [0.05, 0.1) is 5.56 Å². The Balaban J connectivity index is 2.20. The van der Waals surface area contributed by atoms with Gasteiger partial charge >= 0.3 is 6.18 Å². The van der Waals surface area contributed by atoms with Crippen molar-refractivity contribution < 1.29 is 17.6 Å². The molecule has 0 spiro atoms. The first-order valence-corrected chi connectivity index (χ1v) is 8.62. The summed E-state index contributed by atoms with van der Waals surface area (Å²) in [6.45, 7) is 1.96. The fourth-order valence-corrected chi connectivity index (χ4v) is 3.12. The predicted molar refractivity (Wildman–Crippen MR) is 100 cm³/mol. The quantitative estimate of drug-likeness (QED) is 0.336. The van der Waals surface area contributed by atoms with Crippen molar-refractivity contribution in [2.45, 2.75) is 19.5 Å². The van der Waals surface area contributed by atoms with Crippen LogP contribution in [0.15, 0.2) is 78.9 Å². The van der Waals surface area contributed by atoms with E-state index in [9.17, 15) is 17.6 Å². The van der Waals surface area contributed by atoms with Crippen molar-refractivity contribution in [3.05, 3.63) is 107 Å². The van der Waals surface area contributed by atoms with E-state index in [1.165, 1.54) is 24.3 Å². The highest BCUT2D eigenvalue weighted by molar-refractivity contribution is 5.98. The number of alkyl halides is 3. The maximum atomic E-state index is 13.4. The molecule has 27 heavy (non-hydrogen) atoms. The van der Waals surface area contributed by atoms with Crippen LogP contribution in [-0.2, 0) is 6.18 Å². The number of allylic oxidation sites excluding steroid dienone is 1. The van der Waals surface area contributed by atoms with Crippen LogP contribution in [-0.4, -0.2) is 0 Å². The van der Waals surface area contributed by atoms with Crippen LogP contribution in [0.3, 0.4) is 0 Å². The minimum atomic E-state index is -4.37. The molecule has 0 bridgehead atoms. The van der Waals surface area contributed by atoms with Crippen LogP contribution < -0.4 is 0 Å². The van der Waals surface area contributed by atoms with Gasteiger partial charge in [0, 0.05) is 0 Å². The van der Waals surface area contributed by atoms with E-state index in [0.717, 1.165) is 34.4 Å². The molecule has 0 saturated heterocycles. The monoisotopic (exact) mass is 370 g/mol. The molecule has 0 aliphatic rings. The molecule has 0 aliphatic heterocycles. The molecular formula is C23H18F4. The third-order valence-corrected chi connectivity index (χ3v) is 4.41. The van der Waals surface area contributed by atoms with E-state index in [4.69, 9.17) is 0 Å². The summed E-state index contributed by atoms with van der Waals surface area (Å²) in [6, 6.07) is 20.9. The standard InChI is InChI=1S/C23H18F4/c1-2-21(16-8-12-19(13-9-16)23(25,26)27)22(17-6-4-3-5-7-17)18-10-14-20(24)15-11-18/h3-15H,2H2,1H3/b22-21+. The molecule has 0 amide bonds. The van der Waals surface area contributed by atoms with Gasteiger partial charge in [0.15, 0.2) is 0 Å². The van der Waals surface area contributed by atoms with Gasteiger partial charge in [0.1, 0.15) is 5.82 Å². The summed E-state index contributed by atoms with van der Waals surface area (Å²) < 4.78 is 52.0. The minimum Gasteiger partial charge on any atom is -0.207 e. The SMILES string of the molecule is CC/C(=C(/c1ccccc1)c1ccc(F)cc1)c1ccc(C(F)(F)F)cc1. The molecule has 3 aromatic rings. The maximum absolute atomic E-state index is 13.4. The zero-order chi connectivity index (χ0) is 19.4. The lowest BCUT2D eigenvalue weighted by atomic mass is 9.88. The first-order chi connectivity index (χ1) is 12.9. The molecule has 3 aromatic carbocycles. The summed E-state index contributed by atoms with van der Waals surface area (Å²) in [7, 11) is 0. The molecule has 0 aliphatic carbocycles. The van der Waals surface area contributed by atoms with Gasteiger partial charge in [0.2, 0.25) is 0 Å². The highest BCUT2D eigenvalue weighted by Gasteiger charge is 2.30. The number of rotatable bonds is 4. The molecule has 0 atom stereocenters. The van der Waals surface area contributed by atoms with Crippen molar-refractivity contribution in [1.82, 2.24) is 0 Å². The van der Waals surface area contributed by atoms with Gasteiger partial charge in [-0.05, 0) is 58.5 Å². The van der Waals surface area contributed by atoms with Crippen molar-refractivity contribution in [3.8, 4) is 0 Å². The summed E-state index contributed by atoms with van der Waals surface area (Å²) in [6.07, 6.45) is -3.75. The number of halogens is 4. The van der Waals surface area contributed by atoms with Crippen LogP contribution in [0.1, 0.15) is 35.6 Å². The fourth-order valence-electron chi connectivity index (χ4n) is 3.12. The summed E-state index contributed by atoms with van der Waals surface area (Å²) in [4.78, 5) is 0. The van der Waals surface area contributed by atoms with Crippen LogP contribution in [0.25, 0.3) is 11.1 Å². The van der Waals surface area contributed by atoms with Gasteiger partial charge in [0.25, 0.3) is 0 Å². The van der Waals surface area contributed by atoms with Gasteiger partial charge in [-0.15, -0.1) is 0 Å². The van der Waals surface area contributed by atoms with Gasteiger partial charge < -0.3 is 0 Å². The molecule has 0 nitrogen and oxygen atoms in total. The molecule has 0 aromatic heterocycles. The van der Waals surface area contributed by atoms with Crippen molar-refractivity contribution >= 4 is 11.1 Å². The van der Waals surface area contributed by atoms with Crippen molar-refractivity contribution in [1.29, 1.82) is 0 Å². The predicted octanol–water partition coefficient (Wildman–Crippen LogP) is 7.21. The first-order valence-electron chi connectivity index (χ1n) is 8.62. The van der Waals surface area contributed by atoms with Crippen LogP contribution in [0.5, 0.6) is 0 Å². The smallest absolute Gasteiger partial charge is 0.207 e. The highest BCUT2D eigenvalue weighted by Crippen LogP contribution is 2.36. The second-order valence-corrected chi connectivity index (χ2v) is 6.16. The lowest BCUT2D eigenvalue weighted by molar-refractivity contribution is -0.137. The molecule has 0 radical (unpaired) electrons. The molecule has 0 fully saturated rings. The number of hydrogen-bond donors (Lipinski definition) is 0. The number of hydrogen-bond acceptors (Lipinski definition) is 0. The van der Waals surface area contributed by atoms with E-state index < -0.39 is 11.7 Å². The summed E-state index contributed by atoms with van der Waals surface area (Å²) in [5.74, 6) is -0.334. The molecule has 4 heteroatoms. The third kappa shape index (κ3) is 4.27. The van der Waals surface area contributed by atoms with Gasteiger partial charge in [-0.25, -0.2) is 4.39 Å². The van der Waals surface area contributed by atoms with Crippen LogP contribution >= 0.6 is 0 Å². The van der Waals surface area contributed by atoms with E-state index in [-0.39, 0.29) is 5.82 Å². The second-order valence-electron chi connectivity index (χ2n) is 6.16. The molecule has 0 N–H and O–H groups in total. The Hall–Kier alpha value is -2.88. The lowest BCUT2D eigenvalue weighted by Gasteiger charge is -2.17. The Bertz CT molecular complexity index is 919. The maximum Gasteiger partial charge on any atom is 0.416 e. The average Bonchev–Trinajstić information content (AvgIpc) is 2.67. The summed E-state index contributed by atoms with van der Waals surface area (Å²) >= 11 is 0. The summed E-state index contributed by atoms with van der Waals surface area (Å²) in [5.41, 5.74) is 3.58. The Morgan fingerprint density at radius 3 is 1.74 bits per heavy atom. The Labute approximate surface area is 155 Å². The average molecular weight is 370 g/mol. The number of benzene rings is 3. The highest BCUT2D eigenvalue weighted by atomic mass is 19.4. The zero-order valence-corrected chi connectivity index (χ0v) is 14.7. The minimum absolute atomic E-state index is 0.334. The van der Waals surface area contributed by atoms with E-state index in [1.54, 1.807) is 12.1 Å². The molecule has 0 heterocycles. The topological polar surface area (TPSA) is 0 Å². The Morgan fingerprint density at radius 2 is 1.22 bits per heavy atom. The molecular weight excluding hydrogens is 352 g/mol. The van der Waals surface area contributed by atoms with E-state index in [2.05, 4.69) is 0 Å². The second kappa shape index (κ2) is 7.78. The van der Waals surface area contributed by atoms with Crippen LogP contribution in [0, 0.1) is 5.82 Å². The van der Waals surface area contributed by atoms with Crippen LogP contribution in [0.2, 0.25) is 0 Å². The van der Waals surface area contributed by atoms with E-state index >= 15 is 0 Å². The first kappa shape index (κ1) is 18.9. The molecule has 0 unspecified atom stereocenters. The normalized spacial score (nSPS) is 12.6. The van der Waals surface area contributed by atoms with Gasteiger partial charge in [-0.1, -0.05) is 61.5 Å². The Morgan fingerprint density at radius 1 is 0.704 bits per heavy atom. The van der Waals surface area contributed by atoms with Crippen molar-refractivity contribution in [2.24, 2.45) is 0 Å². The summed E-state index contributed by atoms with van der Waals surface area (Å²) in [5, 5.41) is 0. The van der Waals surface area contributed by atoms with Crippen molar-refractivity contribution in [3.63, 3.8) is 0 Å². The van der Waals surface area contributed by atoms with Gasteiger partial charge in [-0.2, -0.15) is 13.2 Å². The Kier molecular flexibility index (Phi) is 5.45. The van der Waals surface area contributed by atoms with E-state index in [0.29, 0.717) is 12.0 Å². The third-order valence-electron chi connectivity index (χ3n) is 4.41. The zero-order valence-electron chi connectivity index (χ0n) is 14.7. The van der Waals surface area contributed by atoms with Gasteiger partial charge in [-0.3, -0.25) is 0 Å². The fraction of sp³-hybridized carbons (Fsp3) is 0.130.